The van der Waals surface area contributed by atoms with Gasteiger partial charge in [0.25, 0.3) is 0 Å². The molecule has 1 unspecified atom stereocenters. The first kappa shape index (κ1) is 16.8. The molecular formula is C20H24N2O4. The Morgan fingerprint density at radius 2 is 1.92 bits per heavy atom. The van der Waals surface area contributed by atoms with E-state index in [9.17, 15) is 5.11 Å². The van der Waals surface area contributed by atoms with Crippen molar-refractivity contribution in [3.8, 4) is 23.0 Å². The lowest BCUT2D eigenvalue weighted by molar-refractivity contribution is 0.139. The molecule has 138 valence electrons. The molecule has 1 atom stereocenters. The molecule has 0 aliphatic carbocycles. The molecule has 0 spiro atoms. The van der Waals surface area contributed by atoms with Gasteiger partial charge in [-0.05, 0) is 32.2 Å². The quantitative estimate of drug-likeness (QED) is 0.889. The van der Waals surface area contributed by atoms with Crippen molar-refractivity contribution in [1.29, 1.82) is 0 Å². The number of aromatic hydroxyl groups is 1. The number of nitrogens with zero attached hydrogens (tertiary/aromatic N) is 2. The minimum Gasteiger partial charge on any atom is -0.507 e. The molecule has 0 fully saturated rings. The maximum absolute atomic E-state index is 10.2. The molecule has 6 heteroatoms. The van der Waals surface area contributed by atoms with Gasteiger partial charge in [0.2, 0.25) is 6.79 Å². The van der Waals surface area contributed by atoms with Gasteiger partial charge in [0.05, 0.1) is 12.2 Å². The second-order valence-electron chi connectivity index (χ2n) is 6.78. The van der Waals surface area contributed by atoms with Crippen LogP contribution in [0.2, 0.25) is 0 Å². The highest BCUT2D eigenvalue weighted by Gasteiger charge is 2.26. The number of hydrogen-bond donors (Lipinski definition) is 1. The average molecular weight is 356 g/mol. The molecule has 2 aliphatic heterocycles. The van der Waals surface area contributed by atoms with E-state index in [2.05, 4.69) is 22.8 Å². The summed E-state index contributed by atoms with van der Waals surface area (Å²) in [7, 11) is 2.03. The van der Waals surface area contributed by atoms with Crippen LogP contribution in [-0.4, -0.2) is 49.6 Å². The molecule has 0 amide bonds. The van der Waals surface area contributed by atoms with Crippen molar-refractivity contribution in [2.45, 2.75) is 19.6 Å². The van der Waals surface area contributed by atoms with Crippen LogP contribution in [0.25, 0.3) is 0 Å². The second-order valence-corrected chi connectivity index (χ2v) is 6.78. The molecule has 0 saturated carbocycles. The summed E-state index contributed by atoms with van der Waals surface area (Å²) in [5, 5.41) is 10.2. The van der Waals surface area contributed by atoms with Crippen LogP contribution < -0.4 is 19.1 Å². The zero-order valence-electron chi connectivity index (χ0n) is 15.1. The molecular weight excluding hydrogens is 332 g/mol. The fourth-order valence-electron chi connectivity index (χ4n) is 3.58. The Morgan fingerprint density at radius 1 is 1.15 bits per heavy atom. The Hall–Kier alpha value is -2.60. The number of likely N-dealkylation sites (N-methyl/N-ethyl adjacent to an activating group) is 2. The zero-order valence-corrected chi connectivity index (χ0v) is 15.1. The normalized spacial score (nSPS) is 18.0. The molecule has 0 saturated heterocycles. The predicted molar refractivity (Wildman–Crippen MR) is 99.3 cm³/mol. The number of phenolic OH excluding ortho intramolecular Hbond substituents is 1. The van der Waals surface area contributed by atoms with E-state index in [1.807, 2.05) is 31.3 Å². The molecule has 2 aliphatic rings. The van der Waals surface area contributed by atoms with Gasteiger partial charge in [0.1, 0.15) is 17.6 Å². The van der Waals surface area contributed by atoms with Crippen LogP contribution in [0, 0.1) is 0 Å². The lowest BCUT2D eigenvalue weighted by atomic mass is 10.1. The van der Waals surface area contributed by atoms with Crippen LogP contribution in [0.1, 0.15) is 12.5 Å². The van der Waals surface area contributed by atoms with Crippen LogP contribution >= 0.6 is 0 Å². The van der Waals surface area contributed by atoms with Gasteiger partial charge >= 0.3 is 0 Å². The predicted octanol–water partition coefficient (Wildman–Crippen LogP) is 2.84. The fraction of sp³-hybridized carbons (Fsp3) is 0.400. The maximum atomic E-state index is 10.2. The Balaban J connectivity index is 1.43. The van der Waals surface area contributed by atoms with E-state index in [0.717, 1.165) is 36.6 Å². The molecule has 0 aromatic heterocycles. The van der Waals surface area contributed by atoms with Gasteiger partial charge in [-0.15, -0.1) is 0 Å². The van der Waals surface area contributed by atoms with E-state index >= 15 is 0 Å². The number of para-hydroxylation sites is 2. The van der Waals surface area contributed by atoms with Gasteiger partial charge in [0, 0.05) is 31.3 Å². The average Bonchev–Trinajstić information content (AvgIpc) is 3.08. The number of benzene rings is 2. The molecule has 4 rings (SSSR count). The molecule has 2 heterocycles. The lowest BCUT2D eigenvalue weighted by Crippen LogP contribution is -2.45. The minimum absolute atomic E-state index is 0.0750. The van der Waals surface area contributed by atoms with E-state index in [1.165, 1.54) is 0 Å². The summed E-state index contributed by atoms with van der Waals surface area (Å²) in [6, 6.07) is 11.6. The van der Waals surface area contributed by atoms with Crippen molar-refractivity contribution in [2.24, 2.45) is 0 Å². The van der Waals surface area contributed by atoms with Crippen LogP contribution in [0.5, 0.6) is 23.0 Å². The summed E-state index contributed by atoms with van der Waals surface area (Å²) >= 11 is 0. The van der Waals surface area contributed by atoms with Crippen LogP contribution in [0.3, 0.4) is 0 Å². The Morgan fingerprint density at radius 3 is 2.73 bits per heavy atom. The molecule has 1 N–H and O–H groups in total. The highest BCUT2D eigenvalue weighted by Crippen LogP contribution is 2.38. The largest absolute Gasteiger partial charge is 0.507 e. The summed E-state index contributed by atoms with van der Waals surface area (Å²) < 4.78 is 16.9. The molecule has 2 aromatic carbocycles. The van der Waals surface area contributed by atoms with Crippen molar-refractivity contribution in [3.63, 3.8) is 0 Å². The number of anilines is 1. The third kappa shape index (κ3) is 3.24. The summed E-state index contributed by atoms with van der Waals surface area (Å²) in [5.41, 5.74) is 1.97. The maximum Gasteiger partial charge on any atom is 0.231 e. The summed E-state index contributed by atoms with van der Waals surface area (Å²) in [6.45, 7) is 5.53. The topological polar surface area (TPSA) is 54.4 Å². The minimum atomic E-state index is 0.0750. The number of ether oxygens (including phenoxy) is 3. The van der Waals surface area contributed by atoms with Crippen molar-refractivity contribution in [1.82, 2.24) is 4.90 Å². The molecule has 0 radical (unpaired) electrons. The summed E-state index contributed by atoms with van der Waals surface area (Å²) in [4.78, 5) is 4.50. The van der Waals surface area contributed by atoms with E-state index in [0.29, 0.717) is 18.0 Å². The third-order valence-corrected chi connectivity index (χ3v) is 4.83. The monoisotopic (exact) mass is 356 g/mol. The second kappa shape index (κ2) is 6.96. The van der Waals surface area contributed by atoms with E-state index in [-0.39, 0.29) is 18.6 Å². The Bertz CT molecular complexity index is 795. The summed E-state index contributed by atoms with van der Waals surface area (Å²) in [6.07, 6.45) is 0.0750. The highest BCUT2D eigenvalue weighted by atomic mass is 16.7. The van der Waals surface area contributed by atoms with Gasteiger partial charge in [-0.2, -0.15) is 0 Å². The Kier molecular flexibility index (Phi) is 4.51. The first-order chi connectivity index (χ1) is 12.6. The van der Waals surface area contributed by atoms with Crippen molar-refractivity contribution >= 4 is 5.69 Å². The van der Waals surface area contributed by atoms with Gasteiger partial charge < -0.3 is 24.2 Å². The molecule has 26 heavy (non-hydrogen) atoms. The molecule has 0 bridgehead atoms. The molecule has 6 nitrogen and oxygen atoms in total. The number of phenols is 1. The van der Waals surface area contributed by atoms with Gasteiger partial charge in [-0.1, -0.05) is 12.1 Å². The lowest BCUT2D eigenvalue weighted by Gasteiger charge is -2.37. The van der Waals surface area contributed by atoms with Crippen LogP contribution in [0.15, 0.2) is 36.4 Å². The Labute approximate surface area is 153 Å². The van der Waals surface area contributed by atoms with Crippen molar-refractivity contribution in [3.05, 3.63) is 42.0 Å². The molecule has 2 aromatic rings. The van der Waals surface area contributed by atoms with Crippen LogP contribution in [-0.2, 0) is 6.54 Å². The van der Waals surface area contributed by atoms with Gasteiger partial charge in [-0.25, -0.2) is 0 Å². The summed E-state index contributed by atoms with van der Waals surface area (Å²) in [5.74, 6) is 2.45. The third-order valence-electron chi connectivity index (χ3n) is 4.83. The first-order valence-corrected chi connectivity index (χ1v) is 8.94. The SMILES string of the molecule is CCN1CC(CN(C)Cc2cc3c(cc2O)OCO3)Oc2ccccc21. The van der Waals surface area contributed by atoms with Crippen molar-refractivity contribution < 1.29 is 19.3 Å². The zero-order chi connectivity index (χ0) is 18.1. The van der Waals surface area contributed by atoms with Crippen molar-refractivity contribution in [2.75, 3.05) is 38.4 Å². The van der Waals surface area contributed by atoms with Crippen LogP contribution in [0.4, 0.5) is 5.69 Å². The standard InChI is InChI=1S/C20H24N2O4/c1-3-22-12-15(26-18-7-5-4-6-16(18)22)11-21(2)10-14-8-19-20(9-17(14)23)25-13-24-19/h4-9,15,23H,3,10-13H2,1-2H3. The van der Waals surface area contributed by atoms with E-state index in [1.54, 1.807) is 6.07 Å². The fourth-order valence-corrected chi connectivity index (χ4v) is 3.58. The smallest absolute Gasteiger partial charge is 0.231 e. The number of fused-ring (bicyclic) bond motifs is 2. The highest BCUT2D eigenvalue weighted by molar-refractivity contribution is 5.60. The van der Waals surface area contributed by atoms with E-state index < -0.39 is 0 Å². The van der Waals surface area contributed by atoms with Gasteiger partial charge in [0.15, 0.2) is 11.5 Å². The number of hydrogen-bond acceptors (Lipinski definition) is 6. The number of rotatable bonds is 5. The first-order valence-electron chi connectivity index (χ1n) is 8.94. The van der Waals surface area contributed by atoms with E-state index in [4.69, 9.17) is 14.2 Å². The van der Waals surface area contributed by atoms with Gasteiger partial charge in [-0.3, -0.25) is 4.90 Å².